The van der Waals surface area contributed by atoms with Gasteiger partial charge in [-0.2, -0.15) is 0 Å². The first kappa shape index (κ1) is 18.9. The molecule has 3 fully saturated rings. The third kappa shape index (κ3) is 4.04. The van der Waals surface area contributed by atoms with Gasteiger partial charge in [0.25, 0.3) is 0 Å². The molecular weight excluding hydrogens is 355 g/mol. The van der Waals surface area contributed by atoms with Crippen LogP contribution in [0.15, 0.2) is 48.5 Å². The lowest BCUT2D eigenvalue weighted by Gasteiger charge is -2.49. The molecule has 1 amide bonds. The zero-order valence-corrected chi connectivity index (χ0v) is 16.6. The van der Waals surface area contributed by atoms with E-state index < -0.39 is 0 Å². The van der Waals surface area contributed by atoms with Gasteiger partial charge in [0.1, 0.15) is 12.4 Å². The highest BCUT2D eigenvalue weighted by atomic mass is 19.1. The summed E-state index contributed by atoms with van der Waals surface area (Å²) in [6.45, 7) is 5.61. The molecule has 2 aromatic rings. The van der Waals surface area contributed by atoms with Crippen molar-refractivity contribution < 1.29 is 18.4 Å². The number of aryl methyl sites for hydroxylation is 1. The number of halogens is 1. The van der Waals surface area contributed by atoms with Crippen LogP contribution in [-0.2, 0) is 11.3 Å². The average Bonchev–Trinajstić information content (AvgIpc) is 2.67. The van der Waals surface area contributed by atoms with E-state index in [4.69, 9.17) is 4.74 Å². The number of rotatable bonds is 4. The van der Waals surface area contributed by atoms with Gasteiger partial charge >= 0.3 is 6.09 Å². The number of ether oxygens (including phenoxy) is 1. The van der Waals surface area contributed by atoms with Gasteiger partial charge in [-0.05, 0) is 42.3 Å². The third-order valence-corrected chi connectivity index (χ3v) is 6.27. The maximum absolute atomic E-state index is 13.3. The van der Waals surface area contributed by atoms with E-state index in [1.165, 1.54) is 25.2 Å². The standard InChI is InChI=1S/C23H28FN2O2/c1-17-4-3-5-21(14-17)25(15-18-6-8-20(24)9-7-18)23(27)28-22-16-26(2)12-10-19(22)11-13-26/h3-9,14,19,22H,10-13,15-16H2,1-2H3/q+1. The van der Waals surface area contributed by atoms with Crippen molar-refractivity contribution in [3.63, 3.8) is 0 Å². The molecule has 0 spiro atoms. The maximum Gasteiger partial charge on any atom is 0.415 e. The normalized spacial score (nSPS) is 26.1. The molecule has 3 aliphatic heterocycles. The molecule has 5 heteroatoms. The Balaban J connectivity index is 1.55. The van der Waals surface area contributed by atoms with Crippen molar-refractivity contribution in [1.82, 2.24) is 0 Å². The van der Waals surface area contributed by atoms with Gasteiger partial charge < -0.3 is 9.22 Å². The van der Waals surface area contributed by atoms with E-state index in [1.54, 1.807) is 17.0 Å². The second-order valence-electron chi connectivity index (χ2n) is 8.56. The summed E-state index contributed by atoms with van der Waals surface area (Å²) in [5.41, 5.74) is 2.75. The number of quaternary nitrogens is 1. The van der Waals surface area contributed by atoms with Gasteiger partial charge in [0.15, 0.2) is 6.10 Å². The average molecular weight is 383 g/mol. The summed E-state index contributed by atoms with van der Waals surface area (Å²) < 4.78 is 20.3. The zero-order valence-electron chi connectivity index (χ0n) is 16.6. The fourth-order valence-electron chi connectivity index (χ4n) is 4.51. The highest BCUT2D eigenvalue weighted by Gasteiger charge is 2.45. The molecule has 1 unspecified atom stereocenters. The first-order chi connectivity index (χ1) is 13.4. The van der Waals surface area contributed by atoms with Gasteiger partial charge in [0.05, 0.1) is 26.7 Å². The van der Waals surface area contributed by atoms with Gasteiger partial charge in [-0.15, -0.1) is 0 Å². The van der Waals surface area contributed by atoms with E-state index in [9.17, 15) is 9.18 Å². The minimum absolute atomic E-state index is 0.0273. The molecule has 5 rings (SSSR count). The second-order valence-corrected chi connectivity index (χ2v) is 8.56. The molecule has 0 aromatic heterocycles. The Kier molecular flexibility index (Phi) is 5.11. The predicted octanol–water partition coefficient (Wildman–Crippen LogP) is 4.52. The maximum atomic E-state index is 13.3. The molecule has 2 aromatic carbocycles. The number of hydrogen-bond acceptors (Lipinski definition) is 2. The third-order valence-electron chi connectivity index (χ3n) is 6.27. The molecule has 0 saturated carbocycles. The lowest BCUT2D eigenvalue weighted by atomic mass is 9.84. The number of carbonyl (C=O) groups is 1. The summed E-state index contributed by atoms with van der Waals surface area (Å²) in [7, 11) is 2.26. The fourth-order valence-corrected chi connectivity index (χ4v) is 4.51. The number of carbonyl (C=O) groups excluding carboxylic acids is 1. The predicted molar refractivity (Wildman–Crippen MR) is 108 cm³/mol. The van der Waals surface area contributed by atoms with Crippen LogP contribution in [0.25, 0.3) is 0 Å². The molecule has 0 radical (unpaired) electrons. The van der Waals surface area contributed by atoms with E-state index in [-0.39, 0.29) is 18.0 Å². The first-order valence-corrected chi connectivity index (χ1v) is 10.0. The first-order valence-electron chi connectivity index (χ1n) is 10.0. The Morgan fingerprint density at radius 1 is 1.18 bits per heavy atom. The van der Waals surface area contributed by atoms with Crippen molar-refractivity contribution in [2.24, 2.45) is 5.92 Å². The van der Waals surface area contributed by atoms with Crippen molar-refractivity contribution >= 4 is 11.8 Å². The molecule has 1 atom stereocenters. The number of fused-ring (bicyclic) bond motifs is 3. The van der Waals surface area contributed by atoms with E-state index in [2.05, 4.69) is 7.05 Å². The number of hydrogen-bond donors (Lipinski definition) is 0. The van der Waals surface area contributed by atoms with E-state index in [0.717, 1.165) is 40.7 Å². The summed E-state index contributed by atoms with van der Waals surface area (Å²) in [5, 5.41) is 0. The van der Waals surface area contributed by atoms with Crippen LogP contribution in [0, 0.1) is 18.7 Å². The van der Waals surface area contributed by atoms with Crippen molar-refractivity contribution in [2.45, 2.75) is 32.4 Å². The van der Waals surface area contributed by atoms with E-state index in [1.807, 2.05) is 31.2 Å². The smallest absolute Gasteiger partial charge is 0.415 e. The molecule has 2 bridgehead atoms. The van der Waals surface area contributed by atoms with Crippen LogP contribution in [0.4, 0.5) is 14.9 Å². The van der Waals surface area contributed by atoms with Crippen molar-refractivity contribution in [3.8, 4) is 0 Å². The van der Waals surface area contributed by atoms with Crippen molar-refractivity contribution in [2.75, 3.05) is 31.6 Å². The Bertz CT molecular complexity index is 844. The molecule has 148 valence electrons. The van der Waals surface area contributed by atoms with Crippen molar-refractivity contribution in [1.29, 1.82) is 0 Å². The van der Waals surface area contributed by atoms with E-state index >= 15 is 0 Å². The monoisotopic (exact) mass is 383 g/mol. The van der Waals surface area contributed by atoms with Crippen LogP contribution in [0.2, 0.25) is 0 Å². The number of nitrogens with zero attached hydrogens (tertiary/aromatic N) is 2. The van der Waals surface area contributed by atoms with Crippen LogP contribution >= 0.6 is 0 Å². The molecule has 4 nitrogen and oxygen atoms in total. The Morgan fingerprint density at radius 2 is 1.89 bits per heavy atom. The quantitative estimate of drug-likeness (QED) is 0.727. The van der Waals surface area contributed by atoms with Crippen LogP contribution in [0.1, 0.15) is 24.0 Å². The lowest BCUT2D eigenvalue weighted by molar-refractivity contribution is -0.928. The Hall–Kier alpha value is -2.40. The molecular formula is C23H28FN2O2+. The fraction of sp³-hybridized carbons (Fsp3) is 0.435. The largest absolute Gasteiger partial charge is 0.440 e. The summed E-state index contributed by atoms with van der Waals surface area (Å²) in [4.78, 5) is 14.9. The number of anilines is 1. The summed E-state index contributed by atoms with van der Waals surface area (Å²) in [6.07, 6.45) is 1.90. The molecule has 0 aliphatic carbocycles. The van der Waals surface area contributed by atoms with Gasteiger partial charge in [-0.3, -0.25) is 4.90 Å². The number of likely N-dealkylation sites (N-methyl/N-ethyl adjacent to an activating group) is 1. The Labute approximate surface area is 166 Å². The van der Waals surface area contributed by atoms with Gasteiger partial charge in [0, 0.05) is 24.4 Å². The highest BCUT2D eigenvalue weighted by Crippen LogP contribution is 2.34. The van der Waals surface area contributed by atoms with Crippen molar-refractivity contribution in [3.05, 3.63) is 65.5 Å². The topological polar surface area (TPSA) is 29.5 Å². The summed E-state index contributed by atoms with van der Waals surface area (Å²) >= 11 is 0. The minimum atomic E-state index is -0.319. The second kappa shape index (κ2) is 7.55. The van der Waals surface area contributed by atoms with Crippen LogP contribution < -0.4 is 4.90 Å². The molecule has 3 heterocycles. The zero-order chi connectivity index (χ0) is 19.7. The molecule has 3 saturated heterocycles. The van der Waals surface area contributed by atoms with Crippen LogP contribution in [0.5, 0.6) is 0 Å². The molecule has 0 N–H and O–H groups in total. The number of benzene rings is 2. The molecule has 3 aliphatic rings. The summed E-state index contributed by atoms with van der Waals surface area (Å²) in [6, 6.07) is 14.1. The lowest BCUT2D eigenvalue weighted by Crippen LogP contribution is -2.62. The van der Waals surface area contributed by atoms with Gasteiger partial charge in [-0.25, -0.2) is 9.18 Å². The number of amides is 1. The Morgan fingerprint density at radius 3 is 2.54 bits per heavy atom. The minimum Gasteiger partial charge on any atom is -0.440 e. The van der Waals surface area contributed by atoms with Crippen LogP contribution in [0.3, 0.4) is 0 Å². The van der Waals surface area contributed by atoms with Gasteiger partial charge in [-0.1, -0.05) is 24.3 Å². The highest BCUT2D eigenvalue weighted by molar-refractivity contribution is 5.87. The van der Waals surface area contributed by atoms with Gasteiger partial charge in [0.2, 0.25) is 0 Å². The van der Waals surface area contributed by atoms with E-state index in [0.29, 0.717) is 12.5 Å². The van der Waals surface area contributed by atoms with Crippen LogP contribution in [-0.4, -0.2) is 43.4 Å². The number of piperidine rings is 3. The molecule has 28 heavy (non-hydrogen) atoms. The summed E-state index contributed by atoms with van der Waals surface area (Å²) in [5.74, 6) is 0.187. The SMILES string of the molecule is Cc1cccc(N(Cc2ccc(F)cc2)C(=O)OC2C[N+]3(C)CCC2CC3)c1.